The van der Waals surface area contributed by atoms with Crippen LogP contribution >= 0.6 is 0 Å². The lowest BCUT2D eigenvalue weighted by atomic mass is 9.83. The Hall–Kier alpha value is -1.56. The highest BCUT2D eigenvalue weighted by atomic mass is 16.3. The number of hydrogen-bond donors (Lipinski definition) is 3. The summed E-state index contributed by atoms with van der Waals surface area (Å²) in [7, 11) is 0. The number of amides is 2. The first kappa shape index (κ1) is 17.8. The lowest BCUT2D eigenvalue weighted by molar-refractivity contribution is 0.195. The number of aliphatic hydroxyl groups is 1. The van der Waals surface area contributed by atoms with Gasteiger partial charge in [0.1, 0.15) is 0 Å². The first-order valence-corrected chi connectivity index (χ1v) is 8.81. The van der Waals surface area contributed by atoms with E-state index in [1.807, 2.05) is 16.9 Å². The Labute approximate surface area is 138 Å². The molecule has 6 heteroatoms. The van der Waals surface area contributed by atoms with Gasteiger partial charge < -0.3 is 15.7 Å². The quantitative estimate of drug-likeness (QED) is 0.686. The van der Waals surface area contributed by atoms with Crippen LogP contribution in [0.5, 0.6) is 0 Å². The van der Waals surface area contributed by atoms with Gasteiger partial charge in [-0.3, -0.25) is 4.68 Å². The van der Waals surface area contributed by atoms with Crippen molar-refractivity contribution in [3.8, 4) is 0 Å². The summed E-state index contributed by atoms with van der Waals surface area (Å²) < 4.78 is 1.88. The molecule has 0 saturated heterocycles. The van der Waals surface area contributed by atoms with E-state index in [9.17, 15) is 9.90 Å². The molecule has 3 N–H and O–H groups in total. The van der Waals surface area contributed by atoms with E-state index in [1.54, 1.807) is 6.20 Å². The molecule has 0 radical (unpaired) electrons. The van der Waals surface area contributed by atoms with E-state index >= 15 is 0 Å². The zero-order chi connectivity index (χ0) is 16.5. The van der Waals surface area contributed by atoms with Gasteiger partial charge >= 0.3 is 6.03 Å². The number of carbonyl (C=O) groups is 1. The summed E-state index contributed by atoms with van der Waals surface area (Å²) in [4.78, 5) is 12.2. The van der Waals surface area contributed by atoms with E-state index in [2.05, 4.69) is 22.7 Å². The summed E-state index contributed by atoms with van der Waals surface area (Å²) in [5.74, 6) is 0.815. The van der Waals surface area contributed by atoms with Gasteiger partial charge in [0.25, 0.3) is 0 Å². The van der Waals surface area contributed by atoms with Gasteiger partial charge in [-0.1, -0.05) is 26.2 Å². The number of nitrogens with one attached hydrogen (secondary N) is 2. The van der Waals surface area contributed by atoms with Crippen molar-refractivity contribution in [2.75, 3.05) is 13.2 Å². The number of aromatic nitrogens is 2. The zero-order valence-corrected chi connectivity index (χ0v) is 14.1. The van der Waals surface area contributed by atoms with Gasteiger partial charge in [-0.25, -0.2) is 4.79 Å². The van der Waals surface area contributed by atoms with Crippen LogP contribution in [0.15, 0.2) is 18.5 Å². The summed E-state index contributed by atoms with van der Waals surface area (Å²) in [5, 5.41) is 19.5. The molecule has 1 aromatic heterocycles. The lowest BCUT2D eigenvalue weighted by Crippen LogP contribution is -2.47. The highest BCUT2D eigenvalue weighted by Gasteiger charge is 2.24. The van der Waals surface area contributed by atoms with Crippen LogP contribution in [0.25, 0.3) is 0 Å². The molecule has 0 aromatic carbocycles. The minimum atomic E-state index is -0.124. The van der Waals surface area contributed by atoms with E-state index in [1.165, 1.54) is 19.3 Å². The summed E-state index contributed by atoms with van der Waals surface area (Å²) in [6.07, 6.45) is 10.4. The number of hydrogen-bond acceptors (Lipinski definition) is 3. The second kappa shape index (κ2) is 9.55. The Balaban J connectivity index is 1.72. The third-order valence-corrected chi connectivity index (χ3v) is 4.64. The standard InChI is InChI=1S/C17H30N4O2/c1-14(13-21-10-5-9-19-21)12-18-17(23)20-16(8-11-22)15-6-3-2-4-7-15/h5,9-10,14-16,22H,2-4,6-8,11-13H2,1H3,(H2,18,20,23). The molecule has 1 aromatic rings. The lowest BCUT2D eigenvalue weighted by Gasteiger charge is -2.30. The molecule has 2 amide bonds. The van der Waals surface area contributed by atoms with Crippen LogP contribution in [0.4, 0.5) is 4.79 Å². The average molecular weight is 322 g/mol. The van der Waals surface area contributed by atoms with Gasteiger partial charge in [0.05, 0.1) is 0 Å². The predicted molar refractivity (Wildman–Crippen MR) is 90.0 cm³/mol. The number of aliphatic hydroxyl groups excluding tert-OH is 1. The maximum absolute atomic E-state index is 12.2. The molecule has 0 aliphatic heterocycles. The monoisotopic (exact) mass is 322 g/mol. The smallest absolute Gasteiger partial charge is 0.315 e. The fourth-order valence-electron chi connectivity index (χ4n) is 3.38. The predicted octanol–water partition coefficient (Wildman–Crippen LogP) is 2.15. The van der Waals surface area contributed by atoms with Gasteiger partial charge in [-0.15, -0.1) is 0 Å². The molecule has 130 valence electrons. The van der Waals surface area contributed by atoms with Gasteiger partial charge in [0.2, 0.25) is 0 Å². The van der Waals surface area contributed by atoms with Crippen LogP contribution < -0.4 is 10.6 Å². The first-order chi connectivity index (χ1) is 11.2. The van der Waals surface area contributed by atoms with Crippen LogP contribution in [0, 0.1) is 11.8 Å². The molecular weight excluding hydrogens is 292 g/mol. The molecule has 2 unspecified atom stereocenters. The molecule has 1 saturated carbocycles. The molecule has 6 nitrogen and oxygen atoms in total. The Morgan fingerprint density at radius 2 is 2.17 bits per heavy atom. The van der Waals surface area contributed by atoms with Crippen LogP contribution in [-0.2, 0) is 6.54 Å². The maximum atomic E-state index is 12.2. The Morgan fingerprint density at radius 3 is 2.83 bits per heavy atom. The molecule has 2 rings (SSSR count). The maximum Gasteiger partial charge on any atom is 0.315 e. The molecule has 23 heavy (non-hydrogen) atoms. The van der Waals surface area contributed by atoms with Crippen molar-refractivity contribution in [2.24, 2.45) is 11.8 Å². The highest BCUT2D eigenvalue weighted by Crippen LogP contribution is 2.27. The molecule has 1 aliphatic rings. The normalized spacial score (nSPS) is 18.3. The summed E-state index contributed by atoms with van der Waals surface area (Å²) in [6.45, 7) is 3.61. The van der Waals surface area contributed by atoms with Gasteiger partial charge in [-0.05, 0) is 37.2 Å². The number of rotatable bonds is 8. The number of carbonyl (C=O) groups excluding carboxylic acids is 1. The fraction of sp³-hybridized carbons (Fsp3) is 0.765. The Morgan fingerprint density at radius 1 is 1.39 bits per heavy atom. The van der Waals surface area contributed by atoms with Gasteiger partial charge in [0, 0.05) is 38.1 Å². The van der Waals surface area contributed by atoms with E-state index in [0.717, 1.165) is 19.4 Å². The Kier molecular flexibility index (Phi) is 7.39. The number of nitrogens with zero attached hydrogens (tertiary/aromatic N) is 2. The topological polar surface area (TPSA) is 79.2 Å². The van der Waals surface area contributed by atoms with E-state index in [0.29, 0.717) is 24.8 Å². The summed E-state index contributed by atoms with van der Waals surface area (Å²) in [5.41, 5.74) is 0. The van der Waals surface area contributed by atoms with E-state index in [4.69, 9.17) is 0 Å². The van der Waals surface area contributed by atoms with Crippen molar-refractivity contribution < 1.29 is 9.90 Å². The molecule has 0 bridgehead atoms. The van der Waals surface area contributed by atoms with Crippen LogP contribution in [0.1, 0.15) is 45.4 Å². The molecule has 1 heterocycles. The van der Waals surface area contributed by atoms with Crippen molar-refractivity contribution in [3.05, 3.63) is 18.5 Å². The second-order valence-corrected chi connectivity index (χ2v) is 6.70. The van der Waals surface area contributed by atoms with Crippen LogP contribution in [0.3, 0.4) is 0 Å². The SMILES string of the molecule is CC(CNC(=O)NC(CCO)C1CCCCC1)Cn1cccn1. The van der Waals surface area contributed by atoms with E-state index in [-0.39, 0.29) is 18.7 Å². The van der Waals surface area contributed by atoms with Crippen molar-refractivity contribution in [1.29, 1.82) is 0 Å². The number of urea groups is 1. The minimum absolute atomic E-state index is 0.0849. The Bertz CT molecular complexity index is 443. The van der Waals surface area contributed by atoms with Gasteiger partial charge in [0.15, 0.2) is 0 Å². The highest BCUT2D eigenvalue weighted by molar-refractivity contribution is 5.74. The van der Waals surface area contributed by atoms with Crippen molar-refractivity contribution in [2.45, 2.75) is 58.0 Å². The van der Waals surface area contributed by atoms with Gasteiger partial charge in [-0.2, -0.15) is 5.10 Å². The van der Waals surface area contributed by atoms with Crippen molar-refractivity contribution >= 4 is 6.03 Å². The molecule has 1 aliphatic carbocycles. The first-order valence-electron chi connectivity index (χ1n) is 8.81. The van der Waals surface area contributed by atoms with Crippen LogP contribution in [-0.4, -0.2) is 40.1 Å². The van der Waals surface area contributed by atoms with Crippen molar-refractivity contribution in [3.63, 3.8) is 0 Å². The summed E-state index contributed by atoms with van der Waals surface area (Å²) in [6, 6.07) is 1.86. The van der Waals surface area contributed by atoms with E-state index < -0.39 is 0 Å². The second-order valence-electron chi connectivity index (χ2n) is 6.70. The van der Waals surface area contributed by atoms with Crippen LogP contribution in [0.2, 0.25) is 0 Å². The summed E-state index contributed by atoms with van der Waals surface area (Å²) >= 11 is 0. The molecule has 0 spiro atoms. The van der Waals surface area contributed by atoms with Crippen molar-refractivity contribution in [1.82, 2.24) is 20.4 Å². The molecule has 1 fully saturated rings. The molecule has 2 atom stereocenters. The molecular formula is C17H30N4O2. The average Bonchev–Trinajstić information content (AvgIpc) is 3.06. The third-order valence-electron chi connectivity index (χ3n) is 4.64. The minimum Gasteiger partial charge on any atom is -0.396 e. The largest absolute Gasteiger partial charge is 0.396 e. The third kappa shape index (κ3) is 6.22. The zero-order valence-electron chi connectivity index (χ0n) is 14.1. The fourth-order valence-corrected chi connectivity index (χ4v) is 3.38.